The summed E-state index contributed by atoms with van der Waals surface area (Å²) in [4.78, 5) is 3.59. The summed E-state index contributed by atoms with van der Waals surface area (Å²) in [6.07, 6.45) is 0. The normalized spacial score (nSPS) is 11.7. The number of halogens is 1. The number of H-pyrrole nitrogens is 1. The number of hydrogen-bond acceptors (Lipinski definition) is 0. The van der Waals surface area contributed by atoms with Gasteiger partial charge >= 0.3 is 0 Å². The van der Waals surface area contributed by atoms with Crippen molar-refractivity contribution < 1.29 is 0 Å². The number of benzene rings is 6. The van der Waals surface area contributed by atoms with E-state index in [2.05, 4.69) is 125 Å². The highest BCUT2D eigenvalue weighted by Crippen LogP contribution is 2.37. The van der Waals surface area contributed by atoms with Gasteiger partial charge in [0, 0.05) is 43.3 Å². The molecule has 0 radical (unpaired) electrons. The Morgan fingerprint density at radius 3 is 1.79 bits per heavy atom. The lowest BCUT2D eigenvalue weighted by Crippen LogP contribution is -1.93. The van der Waals surface area contributed by atoms with Gasteiger partial charge in [0.25, 0.3) is 0 Å². The average Bonchev–Trinajstić information content (AvgIpc) is 3.52. The maximum atomic E-state index is 6.29. The molecule has 0 unspecified atom stereocenters. The Bertz CT molecular complexity index is 2180. The molecule has 8 aromatic rings. The largest absolute Gasteiger partial charge is 0.355 e. The third kappa shape index (κ3) is 3.57. The van der Waals surface area contributed by atoms with Crippen molar-refractivity contribution in [1.29, 1.82) is 0 Å². The van der Waals surface area contributed by atoms with E-state index in [0.717, 1.165) is 27.2 Å². The molecule has 2 heterocycles. The Hall–Kier alpha value is -4.79. The van der Waals surface area contributed by atoms with E-state index in [-0.39, 0.29) is 0 Å². The molecular formula is C36H23ClN2. The summed E-state index contributed by atoms with van der Waals surface area (Å²) < 4.78 is 2.37. The van der Waals surface area contributed by atoms with E-state index in [0.29, 0.717) is 0 Å². The van der Waals surface area contributed by atoms with E-state index in [1.165, 1.54) is 49.4 Å². The number of fused-ring (bicyclic) bond motifs is 6. The minimum atomic E-state index is 0.747. The van der Waals surface area contributed by atoms with Gasteiger partial charge in [0.05, 0.1) is 11.0 Å². The zero-order chi connectivity index (χ0) is 25.9. The molecule has 0 spiro atoms. The van der Waals surface area contributed by atoms with E-state index < -0.39 is 0 Å². The third-order valence-electron chi connectivity index (χ3n) is 7.78. The summed E-state index contributed by atoms with van der Waals surface area (Å²) in [6, 6.07) is 47.5. The third-order valence-corrected chi connectivity index (χ3v) is 8.01. The maximum Gasteiger partial charge on any atom is 0.0547 e. The first-order chi connectivity index (χ1) is 19.2. The minimum Gasteiger partial charge on any atom is -0.355 e. The van der Waals surface area contributed by atoms with Gasteiger partial charge in [-0.05, 0) is 82.9 Å². The molecule has 0 fully saturated rings. The first-order valence-corrected chi connectivity index (χ1v) is 13.5. The Labute approximate surface area is 230 Å². The number of para-hydroxylation sites is 2. The Morgan fingerprint density at radius 2 is 1.05 bits per heavy atom. The SMILES string of the molecule is Clc1cccc(-c2ccc3[nH]c4ccc(-c5ccc6c7ccccc7n(-c7ccccc7)c6c5)cc4c3c2)c1. The van der Waals surface area contributed by atoms with Gasteiger partial charge in [-0.1, -0.05) is 84.4 Å². The highest BCUT2D eigenvalue weighted by molar-refractivity contribution is 6.30. The molecule has 0 atom stereocenters. The van der Waals surface area contributed by atoms with Crippen LogP contribution >= 0.6 is 11.6 Å². The number of aromatic amines is 1. The van der Waals surface area contributed by atoms with Crippen LogP contribution in [0, 0.1) is 0 Å². The lowest BCUT2D eigenvalue weighted by molar-refractivity contribution is 1.18. The molecule has 2 aromatic heterocycles. The average molecular weight is 519 g/mol. The molecule has 184 valence electrons. The highest BCUT2D eigenvalue weighted by atomic mass is 35.5. The fourth-order valence-electron chi connectivity index (χ4n) is 5.93. The fourth-order valence-corrected chi connectivity index (χ4v) is 6.12. The molecule has 0 amide bonds. The highest BCUT2D eigenvalue weighted by Gasteiger charge is 2.14. The van der Waals surface area contributed by atoms with Crippen LogP contribution in [0.4, 0.5) is 0 Å². The second kappa shape index (κ2) is 8.62. The van der Waals surface area contributed by atoms with Gasteiger partial charge in [-0.2, -0.15) is 0 Å². The van der Waals surface area contributed by atoms with Crippen LogP contribution in [-0.2, 0) is 0 Å². The summed E-state index contributed by atoms with van der Waals surface area (Å²) in [5.41, 5.74) is 10.5. The molecule has 3 heteroatoms. The predicted octanol–water partition coefficient (Wildman–Crippen LogP) is 10.4. The second-order valence-corrected chi connectivity index (χ2v) is 10.5. The maximum absolute atomic E-state index is 6.29. The molecule has 6 aromatic carbocycles. The standard InChI is InChI=1S/C36H23ClN2/c37-27-8-6-7-23(19-27)24-14-17-33-31(20-24)32-21-25(15-18-34(32)38-33)26-13-16-30-29-11-4-5-12-35(29)39(36(30)22-26)28-9-2-1-3-10-28/h1-22,38H. The Kier molecular flexibility index (Phi) is 4.91. The van der Waals surface area contributed by atoms with Gasteiger partial charge in [0.2, 0.25) is 0 Å². The van der Waals surface area contributed by atoms with E-state index in [1.807, 2.05) is 18.2 Å². The van der Waals surface area contributed by atoms with Crippen LogP contribution in [0.2, 0.25) is 5.02 Å². The van der Waals surface area contributed by atoms with E-state index in [9.17, 15) is 0 Å². The molecule has 39 heavy (non-hydrogen) atoms. The Morgan fingerprint density at radius 1 is 0.436 bits per heavy atom. The fraction of sp³-hybridized carbons (Fsp3) is 0. The second-order valence-electron chi connectivity index (χ2n) is 10.1. The molecular weight excluding hydrogens is 496 g/mol. The predicted molar refractivity (Wildman–Crippen MR) is 166 cm³/mol. The van der Waals surface area contributed by atoms with Crippen LogP contribution in [0.3, 0.4) is 0 Å². The molecule has 1 N–H and O–H groups in total. The van der Waals surface area contributed by atoms with Crippen LogP contribution in [0.1, 0.15) is 0 Å². The molecule has 0 aliphatic carbocycles. The lowest BCUT2D eigenvalue weighted by Gasteiger charge is -2.09. The van der Waals surface area contributed by atoms with Crippen LogP contribution in [0.5, 0.6) is 0 Å². The molecule has 0 bridgehead atoms. The van der Waals surface area contributed by atoms with E-state index in [4.69, 9.17) is 11.6 Å². The summed E-state index contributed by atoms with van der Waals surface area (Å²) in [5.74, 6) is 0. The molecule has 0 aliphatic heterocycles. The minimum absolute atomic E-state index is 0.747. The van der Waals surface area contributed by atoms with Gasteiger partial charge in [0.15, 0.2) is 0 Å². The molecule has 0 saturated heterocycles. The zero-order valence-corrected chi connectivity index (χ0v) is 21.8. The summed E-state index contributed by atoms with van der Waals surface area (Å²) in [7, 11) is 0. The van der Waals surface area contributed by atoms with Gasteiger partial charge in [-0.15, -0.1) is 0 Å². The number of hydrogen-bond donors (Lipinski definition) is 1. The van der Waals surface area contributed by atoms with Crippen molar-refractivity contribution in [3.63, 3.8) is 0 Å². The molecule has 8 rings (SSSR count). The smallest absolute Gasteiger partial charge is 0.0547 e. The van der Waals surface area contributed by atoms with Gasteiger partial charge in [0.1, 0.15) is 0 Å². The number of rotatable bonds is 3. The van der Waals surface area contributed by atoms with Gasteiger partial charge < -0.3 is 9.55 Å². The van der Waals surface area contributed by atoms with Crippen LogP contribution < -0.4 is 0 Å². The van der Waals surface area contributed by atoms with Crippen molar-refractivity contribution in [2.24, 2.45) is 0 Å². The van der Waals surface area contributed by atoms with Crippen molar-refractivity contribution in [1.82, 2.24) is 9.55 Å². The van der Waals surface area contributed by atoms with Crippen molar-refractivity contribution in [2.45, 2.75) is 0 Å². The van der Waals surface area contributed by atoms with Crippen molar-refractivity contribution in [3.05, 3.63) is 138 Å². The summed E-state index contributed by atoms with van der Waals surface area (Å²) in [6.45, 7) is 0. The number of aromatic nitrogens is 2. The lowest BCUT2D eigenvalue weighted by atomic mass is 9.99. The van der Waals surface area contributed by atoms with Crippen molar-refractivity contribution in [3.8, 4) is 27.9 Å². The van der Waals surface area contributed by atoms with Crippen LogP contribution in [0.25, 0.3) is 71.6 Å². The first-order valence-electron chi connectivity index (χ1n) is 13.1. The van der Waals surface area contributed by atoms with E-state index in [1.54, 1.807) is 0 Å². The molecule has 0 saturated carbocycles. The Balaban J connectivity index is 1.33. The topological polar surface area (TPSA) is 20.7 Å². The number of nitrogens with one attached hydrogen (secondary N) is 1. The van der Waals surface area contributed by atoms with E-state index >= 15 is 0 Å². The monoisotopic (exact) mass is 518 g/mol. The summed E-state index contributed by atoms with van der Waals surface area (Å²) >= 11 is 6.29. The zero-order valence-electron chi connectivity index (χ0n) is 21.0. The van der Waals surface area contributed by atoms with Crippen LogP contribution in [-0.4, -0.2) is 9.55 Å². The first kappa shape index (κ1) is 22.2. The quantitative estimate of drug-likeness (QED) is 0.240. The van der Waals surface area contributed by atoms with Crippen LogP contribution in [0.15, 0.2) is 133 Å². The number of nitrogens with zero attached hydrogens (tertiary/aromatic N) is 1. The summed E-state index contributed by atoms with van der Waals surface area (Å²) in [5, 5.41) is 5.71. The molecule has 0 aliphatic rings. The van der Waals surface area contributed by atoms with Gasteiger partial charge in [-0.3, -0.25) is 0 Å². The van der Waals surface area contributed by atoms with Gasteiger partial charge in [-0.25, -0.2) is 0 Å². The van der Waals surface area contributed by atoms with Crippen molar-refractivity contribution >= 4 is 55.2 Å². The van der Waals surface area contributed by atoms with Crippen molar-refractivity contribution in [2.75, 3.05) is 0 Å². The molecule has 2 nitrogen and oxygen atoms in total.